The lowest BCUT2D eigenvalue weighted by atomic mass is 10.0. The first kappa shape index (κ1) is 15.0. The SMILES string of the molecule is Cc1nn(Cc2csc(Cl)n2)c(C)c1C1COCCN1C. The van der Waals surface area contributed by atoms with E-state index in [9.17, 15) is 0 Å². The quantitative estimate of drug-likeness (QED) is 0.869. The lowest BCUT2D eigenvalue weighted by Crippen LogP contribution is -2.37. The number of aromatic nitrogens is 3. The molecule has 0 radical (unpaired) electrons. The monoisotopic (exact) mass is 326 g/mol. The minimum Gasteiger partial charge on any atom is -0.378 e. The number of rotatable bonds is 3. The standard InChI is InChI=1S/C14H19ClN4OS/c1-9-13(12-7-20-5-4-18(12)3)10(2)19(17-9)6-11-8-21-14(15)16-11/h8,12H,4-7H2,1-3H3. The Bertz CT molecular complexity index is 639. The summed E-state index contributed by atoms with van der Waals surface area (Å²) in [6.07, 6.45) is 0. The first-order valence-electron chi connectivity index (χ1n) is 6.98. The highest BCUT2D eigenvalue weighted by Gasteiger charge is 2.27. The fraction of sp³-hybridized carbons (Fsp3) is 0.571. The molecule has 2 aromatic heterocycles. The van der Waals surface area contributed by atoms with Gasteiger partial charge in [0.2, 0.25) is 0 Å². The Morgan fingerprint density at radius 3 is 2.95 bits per heavy atom. The lowest BCUT2D eigenvalue weighted by Gasteiger charge is -2.32. The van der Waals surface area contributed by atoms with Gasteiger partial charge in [0, 0.05) is 23.2 Å². The zero-order valence-electron chi connectivity index (χ0n) is 12.5. The summed E-state index contributed by atoms with van der Waals surface area (Å²) >= 11 is 7.35. The van der Waals surface area contributed by atoms with Crippen LogP contribution in [0.25, 0.3) is 0 Å². The van der Waals surface area contributed by atoms with Gasteiger partial charge >= 0.3 is 0 Å². The number of aryl methyl sites for hydroxylation is 1. The smallest absolute Gasteiger partial charge is 0.183 e. The van der Waals surface area contributed by atoms with Gasteiger partial charge in [-0.3, -0.25) is 9.58 Å². The molecule has 1 saturated heterocycles. The third-order valence-corrected chi connectivity index (χ3v) is 5.03. The van der Waals surface area contributed by atoms with Crippen LogP contribution in [0.1, 0.15) is 28.7 Å². The summed E-state index contributed by atoms with van der Waals surface area (Å²) in [4.78, 5) is 6.64. The van der Waals surface area contributed by atoms with Gasteiger partial charge in [-0.25, -0.2) is 4.98 Å². The van der Waals surface area contributed by atoms with E-state index in [1.165, 1.54) is 22.6 Å². The van der Waals surface area contributed by atoms with Gasteiger partial charge in [-0.05, 0) is 20.9 Å². The number of thiazole rings is 1. The van der Waals surface area contributed by atoms with E-state index in [1.54, 1.807) is 0 Å². The molecule has 1 aliphatic heterocycles. The van der Waals surface area contributed by atoms with Gasteiger partial charge in [-0.1, -0.05) is 11.6 Å². The molecule has 1 atom stereocenters. The van der Waals surface area contributed by atoms with Crippen molar-refractivity contribution in [3.63, 3.8) is 0 Å². The Hall–Kier alpha value is -0.950. The largest absolute Gasteiger partial charge is 0.378 e. The van der Waals surface area contributed by atoms with Crippen molar-refractivity contribution < 1.29 is 4.74 Å². The molecule has 0 aromatic carbocycles. The van der Waals surface area contributed by atoms with Crippen LogP contribution in [0.5, 0.6) is 0 Å². The zero-order valence-corrected chi connectivity index (χ0v) is 14.0. The Morgan fingerprint density at radius 1 is 1.48 bits per heavy atom. The molecule has 21 heavy (non-hydrogen) atoms. The van der Waals surface area contributed by atoms with Crippen molar-refractivity contribution in [2.75, 3.05) is 26.8 Å². The summed E-state index contributed by atoms with van der Waals surface area (Å²) in [6.45, 7) is 7.33. The van der Waals surface area contributed by atoms with Crippen molar-refractivity contribution in [1.82, 2.24) is 19.7 Å². The maximum atomic E-state index is 5.90. The molecule has 7 heteroatoms. The van der Waals surface area contributed by atoms with Crippen LogP contribution in [0.3, 0.4) is 0 Å². The van der Waals surface area contributed by atoms with Crippen LogP contribution in [0.15, 0.2) is 5.38 Å². The highest BCUT2D eigenvalue weighted by atomic mass is 35.5. The summed E-state index contributed by atoms with van der Waals surface area (Å²) in [6, 6.07) is 0.284. The van der Waals surface area contributed by atoms with Gasteiger partial charge in [0.05, 0.1) is 37.2 Å². The minimum absolute atomic E-state index is 0.284. The Kier molecular flexibility index (Phi) is 4.31. The average molecular weight is 327 g/mol. The average Bonchev–Trinajstić information content (AvgIpc) is 2.96. The molecule has 0 spiro atoms. The summed E-state index contributed by atoms with van der Waals surface area (Å²) in [5.41, 5.74) is 4.48. The number of morpholine rings is 1. The topological polar surface area (TPSA) is 43.2 Å². The maximum Gasteiger partial charge on any atom is 0.183 e. The molecule has 3 heterocycles. The molecule has 0 N–H and O–H groups in total. The molecule has 1 fully saturated rings. The molecule has 1 unspecified atom stereocenters. The first-order valence-corrected chi connectivity index (χ1v) is 8.24. The number of hydrogen-bond donors (Lipinski definition) is 0. The van der Waals surface area contributed by atoms with Crippen LogP contribution in [0, 0.1) is 13.8 Å². The number of hydrogen-bond acceptors (Lipinski definition) is 5. The van der Waals surface area contributed by atoms with Gasteiger partial charge in [0.1, 0.15) is 0 Å². The van der Waals surface area contributed by atoms with E-state index in [0.29, 0.717) is 11.0 Å². The van der Waals surface area contributed by atoms with Crippen molar-refractivity contribution in [2.45, 2.75) is 26.4 Å². The van der Waals surface area contributed by atoms with E-state index in [4.69, 9.17) is 16.3 Å². The van der Waals surface area contributed by atoms with Crippen molar-refractivity contribution in [3.8, 4) is 0 Å². The molecule has 114 valence electrons. The van der Waals surface area contributed by atoms with Gasteiger partial charge in [-0.15, -0.1) is 11.3 Å². The lowest BCUT2D eigenvalue weighted by molar-refractivity contribution is 0.00457. The van der Waals surface area contributed by atoms with Crippen LogP contribution in [0.2, 0.25) is 4.47 Å². The van der Waals surface area contributed by atoms with Crippen LogP contribution in [-0.2, 0) is 11.3 Å². The van der Waals surface area contributed by atoms with Gasteiger partial charge in [-0.2, -0.15) is 5.10 Å². The summed E-state index contributed by atoms with van der Waals surface area (Å²) < 4.78 is 8.23. The fourth-order valence-corrected chi connectivity index (χ4v) is 3.62. The van der Waals surface area contributed by atoms with Crippen molar-refractivity contribution in [3.05, 3.63) is 32.5 Å². The van der Waals surface area contributed by atoms with E-state index in [1.807, 2.05) is 10.1 Å². The molecule has 2 aromatic rings. The molecular weight excluding hydrogens is 308 g/mol. The van der Waals surface area contributed by atoms with Crippen LogP contribution < -0.4 is 0 Å². The molecule has 0 saturated carbocycles. The molecule has 1 aliphatic rings. The van der Waals surface area contributed by atoms with Crippen LogP contribution in [0.4, 0.5) is 0 Å². The molecular formula is C14H19ClN4OS. The fourth-order valence-electron chi connectivity index (χ4n) is 2.85. The van der Waals surface area contributed by atoms with Crippen molar-refractivity contribution in [2.24, 2.45) is 0 Å². The number of halogens is 1. The zero-order chi connectivity index (χ0) is 15.0. The van der Waals surface area contributed by atoms with Gasteiger partial charge in [0.25, 0.3) is 0 Å². The normalized spacial score (nSPS) is 20.1. The second-order valence-corrected chi connectivity index (χ2v) is 6.85. The molecule has 0 aliphatic carbocycles. The Morgan fingerprint density at radius 2 is 2.29 bits per heavy atom. The second-order valence-electron chi connectivity index (χ2n) is 5.41. The van der Waals surface area contributed by atoms with E-state index in [-0.39, 0.29) is 6.04 Å². The molecule has 5 nitrogen and oxygen atoms in total. The predicted octanol–water partition coefficient (Wildman–Crippen LogP) is 2.66. The van der Waals surface area contributed by atoms with Crippen molar-refractivity contribution >= 4 is 22.9 Å². The van der Waals surface area contributed by atoms with E-state index in [0.717, 1.165) is 31.1 Å². The summed E-state index contributed by atoms with van der Waals surface area (Å²) in [7, 11) is 2.14. The summed E-state index contributed by atoms with van der Waals surface area (Å²) in [5, 5.41) is 6.66. The number of likely N-dealkylation sites (N-methyl/N-ethyl adjacent to an activating group) is 1. The van der Waals surface area contributed by atoms with E-state index >= 15 is 0 Å². The minimum atomic E-state index is 0.284. The summed E-state index contributed by atoms with van der Waals surface area (Å²) in [5.74, 6) is 0. The number of nitrogens with zero attached hydrogens (tertiary/aromatic N) is 4. The third-order valence-electron chi connectivity index (χ3n) is 4.00. The maximum absolute atomic E-state index is 5.90. The predicted molar refractivity (Wildman–Crippen MR) is 84.1 cm³/mol. The second kappa shape index (κ2) is 6.04. The van der Waals surface area contributed by atoms with Crippen LogP contribution in [-0.4, -0.2) is 46.5 Å². The molecule has 3 rings (SSSR count). The van der Waals surface area contributed by atoms with Crippen LogP contribution >= 0.6 is 22.9 Å². The molecule has 0 amide bonds. The highest BCUT2D eigenvalue weighted by Crippen LogP contribution is 2.28. The van der Waals surface area contributed by atoms with Gasteiger partial charge in [0.15, 0.2) is 4.47 Å². The Balaban J connectivity index is 1.88. The Labute approximate surface area is 133 Å². The van der Waals surface area contributed by atoms with E-state index in [2.05, 4.69) is 35.9 Å². The third kappa shape index (κ3) is 2.99. The van der Waals surface area contributed by atoms with E-state index < -0.39 is 0 Å². The van der Waals surface area contributed by atoms with Gasteiger partial charge < -0.3 is 4.74 Å². The van der Waals surface area contributed by atoms with Crippen molar-refractivity contribution in [1.29, 1.82) is 0 Å². The highest BCUT2D eigenvalue weighted by molar-refractivity contribution is 7.13. The molecule has 0 bridgehead atoms. The first-order chi connectivity index (χ1) is 10.1. The number of ether oxygens (including phenoxy) is 1.